The van der Waals surface area contributed by atoms with Crippen LogP contribution in [0.3, 0.4) is 0 Å². The van der Waals surface area contributed by atoms with E-state index in [0.717, 1.165) is 53.4 Å². The van der Waals surface area contributed by atoms with Crippen molar-refractivity contribution in [2.45, 2.75) is 13.3 Å². The number of aromatic amines is 1. The second kappa shape index (κ2) is 7.80. The Morgan fingerprint density at radius 1 is 1.13 bits per heavy atom. The number of imidazole rings is 1. The molecule has 2 heterocycles. The Morgan fingerprint density at radius 3 is 2.74 bits per heavy atom. The minimum absolute atomic E-state index is 0.105. The van der Waals surface area contributed by atoms with E-state index in [1.54, 1.807) is 7.11 Å². The Balaban J connectivity index is 1.36. The van der Waals surface area contributed by atoms with Crippen molar-refractivity contribution in [2.75, 3.05) is 30.4 Å². The van der Waals surface area contributed by atoms with Gasteiger partial charge in [-0.15, -0.1) is 0 Å². The molecule has 5 rings (SSSR count). The first-order valence-corrected chi connectivity index (χ1v) is 10.5. The van der Waals surface area contributed by atoms with Crippen molar-refractivity contribution < 1.29 is 9.53 Å². The second-order valence-corrected chi connectivity index (χ2v) is 7.67. The first-order valence-electron chi connectivity index (χ1n) is 10.5. The first kappa shape index (κ1) is 19.2. The molecule has 0 saturated heterocycles. The number of hydrogen-bond donors (Lipinski definition) is 2. The van der Waals surface area contributed by atoms with Crippen LogP contribution in [-0.4, -0.2) is 36.1 Å². The number of carbonyl (C=O) groups is 1. The third kappa shape index (κ3) is 3.61. The highest BCUT2D eigenvalue weighted by Gasteiger charge is 2.19. The molecule has 4 aromatic rings. The van der Waals surface area contributed by atoms with Gasteiger partial charge in [0.1, 0.15) is 11.6 Å². The number of aromatic nitrogens is 2. The van der Waals surface area contributed by atoms with E-state index < -0.39 is 0 Å². The van der Waals surface area contributed by atoms with Crippen molar-refractivity contribution in [1.29, 1.82) is 0 Å². The normalized spacial score (nSPS) is 12.8. The molecule has 0 aliphatic carbocycles. The molecule has 0 radical (unpaired) electrons. The molecular weight excluding hydrogens is 388 g/mol. The minimum atomic E-state index is -0.105. The molecule has 3 aromatic carbocycles. The number of nitrogens with one attached hydrogen (secondary N) is 2. The van der Waals surface area contributed by atoms with Gasteiger partial charge in [0.25, 0.3) is 5.91 Å². The van der Waals surface area contributed by atoms with Crippen LogP contribution in [0.4, 0.5) is 11.4 Å². The average molecular weight is 412 g/mol. The van der Waals surface area contributed by atoms with E-state index in [2.05, 4.69) is 33.2 Å². The zero-order valence-corrected chi connectivity index (χ0v) is 17.6. The Hall–Kier alpha value is -3.80. The van der Waals surface area contributed by atoms with Gasteiger partial charge in [-0.25, -0.2) is 4.98 Å². The predicted molar refractivity (Wildman–Crippen MR) is 124 cm³/mol. The Morgan fingerprint density at radius 2 is 1.97 bits per heavy atom. The van der Waals surface area contributed by atoms with E-state index in [4.69, 9.17) is 4.74 Å². The van der Waals surface area contributed by atoms with E-state index in [0.29, 0.717) is 5.56 Å². The minimum Gasteiger partial charge on any atom is -0.497 e. The van der Waals surface area contributed by atoms with Crippen LogP contribution in [0.2, 0.25) is 0 Å². The van der Waals surface area contributed by atoms with Gasteiger partial charge in [0, 0.05) is 35.6 Å². The molecule has 0 bridgehead atoms. The standard InChI is InChI=1S/C25H24N4O2/c1-3-29-13-12-17-14-18(6-11-23(17)29)25(30)26-19-7-10-21-22(15-19)28-24(27-21)16-4-8-20(31-2)9-5-16/h4-11,14-15H,3,12-13H2,1-2H3,(H,26,30)(H,27,28). The molecule has 1 aliphatic heterocycles. The number of benzene rings is 3. The van der Waals surface area contributed by atoms with Crippen LogP contribution in [-0.2, 0) is 6.42 Å². The highest BCUT2D eigenvalue weighted by Crippen LogP contribution is 2.29. The van der Waals surface area contributed by atoms with Crippen molar-refractivity contribution in [3.8, 4) is 17.1 Å². The fourth-order valence-electron chi connectivity index (χ4n) is 4.12. The molecule has 0 fully saturated rings. The topological polar surface area (TPSA) is 70.2 Å². The molecule has 0 unspecified atom stereocenters. The van der Waals surface area contributed by atoms with Crippen molar-refractivity contribution in [3.05, 3.63) is 71.8 Å². The molecule has 2 N–H and O–H groups in total. The molecular formula is C25H24N4O2. The molecule has 0 saturated carbocycles. The number of hydrogen-bond acceptors (Lipinski definition) is 4. The van der Waals surface area contributed by atoms with Crippen molar-refractivity contribution in [3.63, 3.8) is 0 Å². The van der Waals surface area contributed by atoms with Gasteiger partial charge >= 0.3 is 0 Å². The van der Waals surface area contributed by atoms with Gasteiger partial charge in [-0.3, -0.25) is 4.79 Å². The molecule has 1 aliphatic rings. The zero-order chi connectivity index (χ0) is 21.4. The van der Waals surface area contributed by atoms with E-state index in [1.165, 1.54) is 11.3 Å². The van der Waals surface area contributed by atoms with E-state index in [9.17, 15) is 4.79 Å². The number of methoxy groups -OCH3 is 1. The van der Waals surface area contributed by atoms with Crippen LogP contribution >= 0.6 is 0 Å². The van der Waals surface area contributed by atoms with Crippen LogP contribution in [0.5, 0.6) is 5.75 Å². The SMILES string of the molecule is CCN1CCc2cc(C(=O)Nc3ccc4nc(-c5ccc(OC)cc5)[nH]c4c3)ccc21. The molecule has 0 atom stereocenters. The van der Waals surface area contributed by atoms with Crippen molar-refractivity contribution in [2.24, 2.45) is 0 Å². The molecule has 31 heavy (non-hydrogen) atoms. The van der Waals surface area contributed by atoms with Crippen LogP contribution in [0.25, 0.3) is 22.4 Å². The summed E-state index contributed by atoms with van der Waals surface area (Å²) in [5.74, 6) is 1.48. The number of H-pyrrole nitrogens is 1. The van der Waals surface area contributed by atoms with Gasteiger partial charge < -0.3 is 19.9 Å². The number of likely N-dealkylation sites (N-methyl/N-ethyl adjacent to an activating group) is 1. The van der Waals surface area contributed by atoms with E-state index >= 15 is 0 Å². The Kier molecular flexibility index (Phi) is 4.82. The monoisotopic (exact) mass is 412 g/mol. The van der Waals surface area contributed by atoms with Gasteiger partial charge in [0.2, 0.25) is 0 Å². The maximum absolute atomic E-state index is 12.8. The number of ether oxygens (including phenoxy) is 1. The summed E-state index contributed by atoms with van der Waals surface area (Å²) in [5.41, 5.74) is 6.59. The van der Waals surface area contributed by atoms with Gasteiger partial charge in [-0.1, -0.05) is 0 Å². The van der Waals surface area contributed by atoms with Crippen LogP contribution in [0.1, 0.15) is 22.8 Å². The van der Waals surface area contributed by atoms with Gasteiger partial charge in [0.15, 0.2) is 0 Å². The summed E-state index contributed by atoms with van der Waals surface area (Å²) in [6.45, 7) is 4.16. The maximum Gasteiger partial charge on any atom is 0.255 e. The number of nitrogens with zero attached hydrogens (tertiary/aromatic N) is 2. The van der Waals surface area contributed by atoms with Crippen LogP contribution < -0.4 is 15.0 Å². The summed E-state index contributed by atoms with van der Waals surface area (Å²) in [7, 11) is 1.65. The lowest BCUT2D eigenvalue weighted by Crippen LogP contribution is -2.19. The fraction of sp³-hybridized carbons (Fsp3) is 0.200. The smallest absolute Gasteiger partial charge is 0.255 e. The fourth-order valence-corrected chi connectivity index (χ4v) is 4.12. The van der Waals surface area contributed by atoms with E-state index in [-0.39, 0.29) is 5.91 Å². The van der Waals surface area contributed by atoms with Crippen molar-refractivity contribution in [1.82, 2.24) is 9.97 Å². The summed E-state index contributed by atoms with van der Waals surface area (Å²) in [6, 6.07) is 19.4. The predicted octanol–water partition coefficient (Wildman–Crippen LogP) is 4.87. The second-order valence-electron chi connectivity index (χ2n) is 7.67. The number of fused-ring (bicyclic) bond motifs is 2. The molecule has 1 aromatic heterocycles. The number of rotatable bonds is 5. The van der Waals surface area contributed by atoms with E-state index in [1.807, 2.05) is 54.6 Å². The quantitative estimate of drug-likeness (QED) is 0.490. The maximum atomic E-state index is 12.8. The largest absolute Gasteiger partial charge is 0.497 e. The van der Waals surface area contributed by atoms with Gasteiger partial charge in [0.05, 0.1) is 18.1 Å². The first-order chi connectivity index (χ1) is 15.1. The highest BCUT2D eigenvalue weighted by molar-refractivity contribution is 6.05. The van der Waals surface area contributed by atoms with Gasteiger partial charge in [-0.05, 0) is 79.6 Å². The molecule has 6 heteroatoms. The summed E-state index contributed by atoms with van der Waals surface area (Å²) in [6.07, 6.45) is 0.985. The van der Waals surface area contributed by atoms with Gasteiger partial charge in [-0.2, -0.15) is 0 Å². The summed E-state index contributed by atoms with van der Waals surface area (Å²) in [4.78, 5) is 23.2. The molecule has 156 valence electrons. The van der Waals surface area contributed by atoms with Crippen molar-refractivity contribution >= 4 is 28.3 Å². The highest BCUT2D eigenvalue weighted by atomic mass is 16.5. The number of anilines is 2. The lowest BCUT2D eigenvalue weighted by atomic mass is 10.1. The average Bonchev–Trinajstić information content (AvgIpc) is 3.42. The number of carbonyl (C=O) groups excluding carboxylic acids is 1. The zero-order valence-electron chi connectivity index (χ0n) is 17.6. The Bertz CT molecular complexity index is 1260. The number of amides is 1. The Labute approximate surface area is 180 Å². The summed E-state index contributed by atoms with van der Waals surface area (Å²) < 4.78 is 5.22. The summed E-state index contributed by atoms with van der Waals surface area (Å²) >= 11 is 0. The molecule has 1 amide bonds. The van der Waals surface area contributed by atoms with Crippen LogP contribution in [0.15, 0.2) is 60.7 Å². The third-order valence-corrected chi connectivity index (χ3v) is 5.82. The third-order valence-electron chi connectivity index (χ3n) is 5.82. The molecule has 0 spiro atoms. The lowest BCUT2D eigenvalue weighted by molar-refractivity contribution is 0.102. The summed E-state index contributed by atoms with van der Waals surface area (Å²) in [5, 5.41) is 3.01. The van der Waals surface area contributed by atoms with Crippen LogP contribution in [0, 0.1) is 0 Å². The lowest BCUT2D eigenvalue weighted by Gasteiger charge is -2.16. The molecule has 6 nitrogen and oxygen atoms in total.